The highest BCUT2D eigenvalue weighted by Gasteiger charge is 2.61. The number of rotatable bonds is 1. The maximum atomic E-state index is 12.8. The molecule has 6 nitrogen and oxygen atoms in total. The summed E-state index contributed by atoms with van der Waals surface area (Å²) in [5.74, 6) is -1.70. The molecule has 1 amide bonds. The highest BCUT2D eigenvalue weighted by Crippen LogP contribution is 2.42. The molecule has 0 fully saturated rings. The van der Waals surface area contributed by atoms with Crippen LogP contribution in [-0.2, 0) is 4.79 Å². The predicted octanol–water partition coefficient (Wildman–Crippen LogP) is 2.25. The zero-order valence-corrected chi connectivity index (χ0v) is 9.45. The van der Waals surface area contributed by atoms with Gasteiger partial charge in [0.15, 0.2) is 0 Å². The lowest BCUT2D eigenvalue weighted by Crippen LogP contribution is -2.58. The van der Waals surface area contributed by atoms with E-state index in [1.54, 1.807) is 0 Å². The Morgan fingerprint density at radius 3 is 2.58 bits per heavy atom. The Hall–Kier alpha value is -2.32. The molecule has 1 atom stereocenters. The smallest absolute Gasteiger partial charge is 0.437 e. The molecule has 0 radical (unpaired) electrons. The van der Waals surface area contributed by atoms with Crippen molar-refractivity contribution in [1.82, 2.24) is 0 Å². The number of ether oxygens (including phenoxy) is 1. The summed E-state index contributed by atoms with van der Waals surface area (Å²) in [4.78, 5) is 21.3. The maximum Gasteiger partial charge on any atom is 0.437 e. The van der Waals surface area contributed by atoms with E-state index in [0.29, 0.717) is 6.92 Å². The monoisotopic (exact) mass is 276 g/mol. The van der Waals surface area contributed by atoms with Crippen molar-refractivity contribution in [3.05, 3.63) is 28.3 Å². The first-order chi connectivity index (χ1) is 8.65. The number of carbonyl (C=O) groups is 1. The summed E-state index contributed by atoms with van der Waals surface area (Å²) in [6.07, 6.45) is -4.91. The molecule has 2 rings (SSSR count). The number of nitro groups is 1. The van der Waals surface area contributed by atoms with Crippen LogP contribution in [0.5, 0.6) is 5.75 Å². The number of benzene rings is 1. The molecule has 1 aromatic rings. The van der Waals surface area contributed by atoms with E-state index in [1.807, 2.05) is 5.32 Å². The molecule has 1 aliphatic heterocycles. The topological polar surface area (TPSA) is 81.5 Å². The van der Waals surface area contributed by atoms with Crippen LogP contribution in [0.3, 0.4) is 0 Å². The number of halogens is 3. The fraction of sp³-hybridized carbons (Fsp3) is 0.300. The van der Waals surface area contributed by atoms with Crippen LogP contribution < -0.4 is 10.1 Å². The summed E-state index contributed by atoms with van der Waals surface area (Å²) in [6, 6.07) is 2.94. The van der Waals surface area contributed by atoms with Crippen molar-refractivity contribution in [1.29, 1.82) is 0 Å². The van der Waals surface area contributed by atoms with E-state index in [0.717, 1.165) is 18.2 Å². The van der Waals surface area contributed by atoms with Gasteiger partial charge in [-0.15, -0.1) is 0 Å². The summed E-state index contributed by atoms with van der Waals surface area (Å²) < 4.78 is 43.0. The van der Waals surface area contributed by atoms with E-state index >= 15 is 0 Å². The average Bonchev–Trinajstić information content (AvgIpc) is 2.28. The van der Waals surface area contributed by atoms with Crippen molar-refractivity contribution in [2.24, 2.45) is 0 Å². The lowest BCUT2D eigenvalue weighted by atomic mass is 10.0. The molecular formula is C10H7F3N2O4. The SMILES string of the molecule is C[C@]1(C(F)(F)F)Oc2ccc([N+](=O)[O-])cc2NC1=O. The number of nitrogens with zero attached hydrogens (tertiary/aromatic N) is 1. The minimum atomic E-state index is -4.91. The number of alkyl halides is 3. The molecule has 9 heteroatoms. The zero-order valence-electron chi connectivity index (χ0n) is 9.45. The van der Waals surface area contributed by atoms with E-state index in [1.165, 1.54) is 0 Å². The van der Waals surface area contributed by atoms with E-state index in [-0.39, 0.29) is 17.1 Å². The molecule has 0 spiro atoms. The third-order valence-corrected chi connectivity index (χ3v) is 2.71. The fourth-order valence-electron chi connectivity index (χ4n) is 1.51. The molecule has 0 aliphatic carbocycles. The van der Waals surface area contributed by atoms with Crippen LogP contribution in [0.1, 0.15) is 6.92 Å². The van der Waals surface area contributed by atoms with Gasteiger partial charge in [-0.25, -0.2) is 0 Å². The summed E-state index contributed by atoms with van der Waals surface area (Å²) in [6.45, 7) is 0.590. The van der Waals surface area contributed by atoms with Gasteiger partial charge in [0.05, 0.1) is 10.6 Å². The normalized spacial score (nSPS) is 22.2. The maximum absolute atomic E-state index is 12.8. The van der Waals surface area contributed by atoms with Crippen molar-refractivity contribution in [3.63, 3.8) is 0 Å². The van der Waals surface area contributed by atoms with Crippen LogP contribution in [0, 0.1) is 10.1 Å². The first-order valence-electron chi connectivity index (χ1n) is 5.01. The molecule has 0 saturated carbocycles. The van der Waals surface area contributed by atoms with Gasteiger partial charge in [0, 0.05) is 12.1 Å². The molecule has 0 saturated heterocycles. The lowest BCUT2D eigenvalue weighted by molar-refractivity contribution is -0.384. The molecule has 0 bridgehead atoms. The van der Waals surface area contributed by atoms with Gasteiger partial charge in [-0.05, 0) is 13.0 Å². The van der Waals surface area contributed by atoms with Gasteiger partial charge in [0.25, 0.3) is 17.2 Å². The van der Waals surface area contributed by atoms with Crippen LogP contribution >= 0.6 is 0 Å². The van der Waals surface area contributed by atoms with Crippen LogP contribution in [0.4, 0.5) is 24.5 Å². The summed E-state index contributed by atoms with van der Waals surface area (Å²) in [5.41, 5.74) is -3.55. The Kier molecular flexibility index (Phi) is 2.65. The third kappa shape index (κ3) is 1.96. The average molecular weight is 276 g/mol. The molecule has 1 aliphatic rings. The highest BCUT2D eigenvalue weighted by molar-refractivity contribution is 6.01. The number of non-ortho nitro benzene ring substituents is 1. The second-order valence-electron chi connectivity index (χ2n) is 4.02. The van der Waals surface area contributed by atoms with Crippen molar-refractivity contribution in [3.8, 4) is 5.75 Å². The first-order valence-corrected chi connectivity index (χ1v) is 5.01. The van der Waals surface area contributed by atoms with Gasteiger partial charge in [-0.2, -0.15) is 13.2 Å². The largest absolute Gasteiger partial charge is 0.466 e. The minimum Gasteiger partial charge on any atom is -0.466 e. The number of fused-ring (bicyclic) bond motifs is 1. The van der Waals surface area contributed by atoms with Crippen LogP contribution in [0.2, 0.25) is 0 Å². The Bertz CT molecular complexity index is 572. The number of carbonyl (C=O) groups excluding carboxylic acids is 1. The van der Waals surface area contributed by atoms with Gasteiger partial charge < -0.3 is 10.1 Å². The second kappa shape index (κ2) is 3.84. The third-order valence-electron chi connectivity index (χ3n) is 2.71. The van der Waals surface area contributed by atoms with Gasteiger partial charge in [0.1, 0.15) is 5.75 Å². The lowest BCUT2D eigenvalue weighted by Gasteiger charge is -2.35. The number of hydrogen-bond donors (Lipinski definition) is 1. The van der Waals surface area contributed by atoms with E-state index < -0.39 is 22.6 Å². The second-order valence-corrected chi connectivity index (χ2v) is 4.02. The fourth-order valence-corrected chi connectivity index (χ4v) is 1.51. The van der Waals surface area contributed by atoms with Gasteiger partial charge in [-0.1, -0.05) is 0 Å². The number of anilines is 1. The Balaban J connectivity index is 2.46. The van der Waals surface area contributed by atoms with Gasteiger partial charge in [-0.3, -0.25) is 14.9 Å². The molecule has 1 heterocycles. The summed E-state index contributed by atoms with van der Waals surface area (Å²) >= 11 is 0. The molecule has 1 N–H and O–H groups in total. The first kappa shape index (κ1) is 13.1. The molecule has 102 valence electrons. The van der Waals surface area contributed by atoms with Gasteiger partial charge >= 0.3 is 6.18 Å². The number of nitrogens with one attached hydrogen (secondary N) is 1. The van der Waals surface area contributed by atoms with Crippen molar-refractivity contribution < 1.29 is 27.6 Å². The molecule has 0 unspecified atom stereocenters. The van der Waals surface area contributed by atoms with Gasteiger partial charge in [0.2, 0.25) is 0 Å². The number of nitro benzene ring substituents is 1. The molecule has 0 aromatic heterocycles. The van der Waals surface area contributed by atoms with Crippen LogP contribution in [0.25, 0.3) is 0 Å². The Morgan fingerprint density at radius 2 is 2.05 bits per heavy atom. The van der Waals surface area contributed by atoms with E-state index in [2.05, 4.69) is 4.74 Å². The van der Waals surface area contributed by atoms with Crippen LogP contribution in [0.15, 0.2) is 18.2 Å². The molecular weight excluding hydrogens is 269 g/mol. The Labute approximate surface area is 104 Å². The van der Waals surface area contributed by atoms with E-state index in [9.17, 15) is 28.1 Å². The highest BCUT2D eigenvalue weighted by atomic mass is 19.4. The minimum absolute atomic E-state index is 0.166. The Morgan fingerprint density at radius 1 is 1.42 bits per heavy atom. The molecule has 19 heavy (non-hydrogen) atoms. The summed E-state index contributed by atoms with van der Waals surface area (Å²) in [5, 5.41) is 12.5. The quantitative estimate of drug-likeness (QED) is 0.630. The zero-order chi connectivity index (χ0) is 14.4. The number of hydrogen-bond acceptors (Lipinski definition) is 4. The number of amides is 1. The van der Waals surface area contributed by atoms with Crippen LogP contribution in [-0.4, -0.2) is 22.6 Å². The van der Waals surface area contributed by atoms with E-state index in [4.69, 9.17) is 0 Å². The van der Waals surface area contributed by atoms with Crippen molar-refractivity contribution in [2.45, 2.75) is 18.7 Å². The standard InChI is InChI=1S/C10H7F3N2O4/c1-9(10(11,12)13)8(16)14-6-4-5(15(17)18)2-3-7(6)19-9/h2-4H,1H3,(H,14,16)/t9-/m0/s1. The summed E-state index contributed by atoms with van der Waals surface area (Å²) in [7, 11) is 0. The van der Waals surface area contributed by atoms with Crippen molar-refractivity contribution in [2.75, 3.05) is 5.32 Å². The van der Waals surface area contributed by atoms with Crippen molar-refractivity contribution >= 4 is 17.3 Å². The predicted molar refractivity (Wildman–Crippen MR) is 56.8 cm³/mol. The molecule has 1 aromatic carbocycles.